The largest absolute Gasteiger partial charge is 0.324 e. The fourth-order valence-electron chi connectivity index (χ4n) is 2.91. The van der Waals surface area contributed by atoms with Crippen molar-refractivity contribution in [3.8, 4) is 11.1 Å². The Morgan fingerprint density at radius 2 is 1.89 bits per heavy atom. The summed E-state index contributed by atoms with van der Waals surface area (Å²) in [5.41, 5.74) is 13.7. The van der Waals surface area contributed by atoms with Crippen LogP contribution in [-0.2, 0) is 6.42 Å². The van der Waals surface area contributed by atoms with Gasteiger partial charge in [-0.2, -0.15) is 0 Å². The molecule has 0 radical (unpaired) electrons. The lowest BCUT2D eigenvalue weighted by atomic mass is 9.95. The Labute approximate surface area is 119 Å². The predicted octanol–water partition coefficient (Wildman–Crippen LogP) is 4.57. The number of hydrogen-bond acceptors (Lipinski definition) is 1. The molecule has 1 atom stereocenters. The maximum atomic E-state index is 6.17. The highest BCUT2D eigenvalue weighted by molar-refractivity contribution is 6.31. The fourth-order valence-corrected chi connectivity index (χ4v) is 3.13. The van der Waals surface area contributed by atoms with Crippen molar-refractivity contribution in [2.75, 3.05) is 0 Å². The zero-order chi connectivity index (χ0) is 13.6. The Balaban J connectivity index is 2.11. The van der Waals surface area contributed by atoms with E-state index >= 15 is 0 Å². The van der Waals surface area contributed by atoms with Crippen molar-refractivity contribution < 1.29 is 0 Å². The van der Waals surface area contributed by atoms with Crippen molar-refractivity contribution in [2.45, 2.75) is 32.7 Å². The standard InChI is InChI=1S/C17H18ClN/c1-10-8-16(18)11(2)7-15(10)13-3-5-14-12(9-13)4-6-17(14)19/h3,5,7-9,17H,4,6,19H2,1-2H3. The highest BCUT2D eigenvalue weighted by Crippen LogP contribution is 2.35. The number of nitrogens with two attached hydrogens (primary N) is 1. The average Bonchev–Trinajstić information content (AvgIpc) is 2.75. The second-order valence-corrected chi connectivity index (χ2v) is 5.88. The zero-order valence-electron chi connectivity index (χ0n) is 11.3. The van der Waals surface area contributed by atoms with Gasteiger partial charge in [-0.1, -0.05) is 29.8 Å². The summed E-state index contributed by atoms with van der Waals surface area (Å²) < 4.78 is 0. The number of fused-ring (bicyclic) bond motifs is 1. The molecule has 2 aromatic carbocycles. The molecule has 0 heterocycles. The molecule has 0 aliphatic heterocycles. The first kappa shape index (κ1) is 12.7. The minimum Gasteiger partial charge on any atom is -0.324 e. The Bertz CT molecular complexity index is 646. The summed E-state index contributed by atoms with van der Waals surface area (Å²) in [6, 6.07) is 11.1. The van der Waals surface area contributed by atoms with Crippen molar-refractivity contribution in [3.63, 3.8) is 0 Å². The molecule has 98 valence electrons. The average molecular weight is 272 g/mol. The van der Waals surface area contributed by atoms with Crippen molar-refractivity contribution in [1.29, 1.82) is 0 Å². The Morgan fingerprint density at radius 3 is 2.68 bits per heavy atom. The second-order valence-electron chi connectivity index (χ2n) is 5.48. The van der Waals surface area contributed by atoms with E-state index in [9.17, 15) is 0 Å². The van der Waals surface area contributed by atoms with Gasteiger partial charge in [0.05, 0.1) is 0 Å². The molecular formula is C17H18ClN. The maximum Gasteiger partial charge on any atom is 0.0438 e. The molecule has 3 rings (SSSR count). The molecule has 19 heavy (non-hydrogen) atoms. The van der Waals surface area contributed by atoms with Crippen LogP contribution in [-0.4, -0.2) is 0 Å². The summed E-state index contributed by atoms with van der Waals surface area (Å²) in [7, 11) is 0. The SMILES string of the molecule is Cc1cc(-c2ccc3c(c2)CCC3N)c(C)cc1Cl. The Morgan fingerprint density at radius 1 is 1.11 bits per heavy atom. The van der Waals surface area contributed by atoms with E-state index in [4.69, 9.17) is 17.3 Å². The van der Waals surface area contributed by atoms with E-state index in [0.717, 1.165) is 23.4 Å². The maximum absolute atomic E-state index is 6.17. The van der Waals surface area contributed by atoms with Gasteiger partial charge in [0.1, 0.15) is 0 Å². The third kappa shape index (κ3) is 2.18. The molecule has 1 nitrogen and oxygen atoms in total. The molecule has 0 saturated carbocycles. The van der Waals surface area contributed by atoms with Crippen LogP contribution in [0.25, 0.3) is 11.1 Å². The van der Waals surface area contributed by atoms with Gasteiger partial charge in [-0.15, -0.1) is 0 Å². The molecule has 2 aromatic rings. The lowest BCUT2D eigenvalue weighted by Gasteiger charge is -2.11. The molecule has 0 spiro atoms. The van der Waals surface area contributed by atoms with E-state index in [2.05, 4.69) is 38.1 Å². The van der Waals surface area contributed by atoms with Crippen LogP contribution < -0.4 is 5.73 Å². The quantitative estimate of drug-likeness (QED) is 0.808. The molecular weight excluding hydrogens is 254 g/mol. The van der Waals surface area contributed by atoms with Crippen molar-refractivity contribution in [3.05, 3.63) is 57.6 Å². The lowest BCUT2D eigenvalue weighted by molar-refractivity contribution is 0.713. The first-order valence-electron chi connectivity index (χ1n) is 6.72. The zero-order valence-corrected chi connectivity index (χ0v) is 12.1. The van der Waals surface area contributed by atoms with Gasteiger partial charge in [-0.05, 0) is 72.2 Å². The first-order valence-corrected chi connectivity index (χ1v) is 7.09. The third-order valence-corrected chi connectivity index (χ3v) is 4.49. The number of rotatable bonds is 1. The molecule has 2 N–H and O–H groups in total. The van der Waals surface area contributed by atoms with E-state index in [1.54, 1.807) is 0 Å². The number of aryl methyl sites for hydroxylation is 3. The molecule has 1 aliphatic carbocycles. The molecule has 1 aliphatic rings. The predicted molar refractivity (Wildman–Crippen MR) is 81.6 cm³/mol. The highest BCUT2D eigenvalue weighted by atomic mass is 35.5. The Hall–Kier alpha value is -1.31. The van der Waals surface area contributed by atoms with Gasteiger partial charge in [-0.3, -0.25) is 0 Å². The van der Waals surface area contributed by atoms with Crippen LogP contribution in [0, 0.1) is 13.8 Å². The van der Waals surface area contributed by atoms with Crippen LogP contribution in [0.4, 0.5) is 0 Å². The summed E-state index contributed by atoms with van der Waals surface area (Å²) in [5, 5.41) is 0.837. The minimum atomic E-state index is 0.220. The third-order valence-electron chi connectivity index (χ3n) is 4.08. The highest BCUT2D eigenvalue weighted by Gasteiger charge is 2.19. The second kappa shape index (κ2) is 4.66. The van der Waals surface area contributed by atoms with E-state index in [-0.39, 0.29) is 6.04 Å². The van der Waals surface area contributed by atoms with Crippen LogP contribution >= 0.6 is 11.6 Å². The first-order chi connectivity index (χ1) is 9.06. The molecule has 0 bridgehead atoms. The summed E-state index contributed by atoms with van der Waals surface area (Å²) in [4.78, 5) is 0. The van der Waals surface area contributed by atoms with Crippen LogP contribution in [0.3, 0.4) is 0 Å². The van der Waals surface area contributed by atoms with Gasteiger partial charge >= 0.3 is 0 Å². The van der Waals surface area contributed by atoms with Gasteiger partial charge in [-0.25, -0.2) is 0 Å². The number of benzene rings is 2. The van der Waals surface area contributed by atoms with Crippen molar-refractivity contribution in [2.24, 2.45) is 5.73 Å². The monoisotopic (exact) mass is 271 g/mol. The minimum absolute atomic E-state index is 0.220. The molecule has 2 heteroatoms. The van der Waals surface area contributed by atoms with Gasteiger partial charge in [0.2, 0.25) is 0 Å². The van der Waals surface area contributed by atoms with Gasteiger partial charge in [0.25, 0.3) is 0 Å². The van der Waals surface area contributed by atoms with E-state index < -0.39 is 0 Å². The van der Waals surface area contributed by atoms with Crippen molar-refractivity contribution >= 4 is 11.6 Å². The van der Waals surface area contributed by atoms with Gasteiger partial charge in [0.15, 0.2) is 0 Å². The summed E-state index contributed by atoms with van der Waals surface area (Å²) >= 11 is 6.17. The molecule has 1 unspecified atom stereocenters. The van der Waals surface area contributed by atoms with E-state index in [1.807, 2.05) is 6.07 Å². The van der Waals surface area contributed by atoms with Crippen LogP contribution in [0.15, 0.2) is 30.3 Å². The summed E-state index contributed by atoms with van der Waals surface area (Å²) in [6.07, 6.45) is 2.16. The summed E-state index contributed by atoms with van der Waals surface area (Å²) in [5.74, 6) is 0. The normalized spacial score (nSPS) is 17.6. The number of hydrogen-bond donors (Lipinski definition) is 1. The van der Waals surface area contributed by atoms with Gasteiger partial charge < -0.3 is 5.73 Å². The Kier molecular flexibility index (Phi) is 3.12. The topological polar surface area (TPSA) is 26.0 Å². The van der Waals surface area contributed by atoms with E-state index in [1.165, 1.54) is 27.8 Å². The lowest BCUT2D eigenvalue weighted by Crippen LogP contribution is -2.04. The molecule has 0 saturated heterocycles. The fraction of sp³-hybridized carbons (Fsp3) is 0.294. The van der Waals surface area contributed by atoms with Crippen molar-refractivity contribution in [1.82, 2.24) is 0 Å². The van der Waals surface area contributed by atoms with Crippen LogP contribution in [0.5, 0.6) is 0 Å². The van der Waals surface area contributed by atoms with Crippen LogP contribution in [0.2, 0.25) is 5.02 Å². The molecule has 0 amide bonds. The smallest absolute Gasteiger partial charge is 0.0438 e. The van der Waals surface area contributed by atoms with E-state index in [0.29, 0.717) is 0 Å². The number of halogens is 1. The summed E-state index contributed by atoms with van der Waals surface area (Å²) in [6.45, 7) is 4.16. The molecule has 0 fully saturated rings. The molecule has 0 aromatic heterocycles. The van der Waals surface area contributed by atoms with Gasteiger partial charge in [0, 0.05) is 11.1 Å². The van der Waals surface area contributed by atoms with Crippen LogP contribution in [0.1, 0.15) is 34.7 Å².